The molecular weight excluding hydrogens is 462 g/mol. The number of carbonyl (C=O) groups excluding carboxylic acids is 2. The number of nitrogens with one attached hydrogen (secondary N) is 1. The number of halogens is 1. The summed E-state index contributed by atoms with van der Waals surface area (Å²) in [4.78, 5) is 30.1. The topological polar surface area (TPSA) is 105 Å². The summed E-state index contributed by atoms with van der Waals surface area (Å²) in [5.74, 6) is -0.659. The van der Waals surface area contributed by atoms with Crippen molar-refractivity contribution in [3.63, 3.8) is 0 Å². The fourth-order valence-electron chi connectivity index (χ4n) is 2.66. The highest BCUT2D eigenvalue weighted by molar-refractivity contribution is 9.10. The monoisotopic (exact) mass is 473 g/mol. The molecule has 0 fully saturated rings. The Hall–Kier alpha value is -3.11. The summed E-state index contributed by atoms with van der Waals surface area (Å²) in [6, 6.07) is 6.31. The molecule has 0 aliphatic carbocycles. The van der Waals surface area contributed by atoms with Gasteiger partial charge in [0.05, 0.1) is 23.4 Å². The SMILES string of the molecule is COc1cc(C=C2C(=N)N3C=CSC3=NC2=O)cc(Br)c1OC(=O)c1ccco1. The lowest BCUT2D eigenvalue weighted by molar-refractivity contribution is -0.114. The minimum absolute atomic E-state index is 0.0321. The Bertz CT molecular complexity index is 1120. The van der Waals surface area contributed by atoms with Crippen LogP contribution in [0.3, 0.4) is 0 Å². The van der Waals surface area contributed by atoms with E-state index in [9.17, 15) is 9.59 Å². The van der Waals surface area contributed by atoms with Gasteiger partial charge in [0.25, 0.3) is 5.91 Å². The van der Waals surface area contributed by atoms with Gasteiger partial charge in [-0.2, -0.15) is 4.99 Å². The maximum absolute atomic E-state index is 12.3. The summed E-state index contributed by atoms with van der Waals surface area (Å²) in [6.07, 6.45) is 4.59. The summed E-state index contributed by atoms with van der Waals surface area (Å²) in [7, 11) is 1.43. The minimum Gasteiger partial charge on any atom is -0.493 e. The van der Waals surface area contributed by atoms with Crippen LogP contribution in [0.15, 0.2) is 61.6 Å². The highest BCUT2D eigenvalue weighted by atomic mass is 79.9. The third-order valence-corrected chi connectivity index (χ3v) is 5.34. The summed E-state index contributed by atoms with van der Waals surface area (Å²) in [5.41, 5.74) is 0.698. The smallest absolute Gasteiger partial charge is 0.379 e. The van der Waals surface area contributed by atoms with Gasteiger partial charge in [-0.05, 0) is 57.2 Å². The van der Waals surface area contributed by atoms with E-state index in [-0.39, 0.29) is 28.7 Å². The average Bonchev–Trinajstić information content (AvgIpc) is 3.38. The molecule has 4 rings (SSSR count). The fourth-order valence-corrected chi connectivity index (χ4v) is 3.90. The van der Waals surface area contributed by atoms with E-state index in [0.717, 1.165) is 0 Å². The zero-order valence-corrected chi connectivity index (χ0v) is 17.2. The number of hydrogen-bond donors (Lipinski definition) is 1. The molecule has 1 aromatic heterocycles. The van der Waals surface area contributed by atoms with Crippen molar-refractivity contribution >= 4 is 56.6 Å². The van der Waals surface area contributed by atoms with Crippen LogP contribution in [0.2, 0.25) is 0 Å². The first-order valence-electron chi connectivity index (χ1n) is 8.17. The Morgan fingerprint density at radius 1 is 1.41 bits per heavy atom. The Labute approximate surface area is 177 Å². The van der Waals surface area contributed by atoms with Crippen molar-refractivity contribution in [2.24, 2.45) is 4.99 Å². The van der Waals surface area contributed by atoms with E-state index in [1.807, 2.05) is 0 Å². The van der Waals surface area contributed by atoms with Crippen molar-refractivity contribution in [2.75, 3.05) is 7.11 Å². The molecule has 1 N–H and O–H groups in total. The van der Waals surface area contributed by atoms with Gasteiger partial charge in [-0.25, -0.2) is 4.79 Å². The normalized spacial score (nSPS) is 16.8. The maximum atomic E-state index is 12.3. The van der Waals surface area contributed by atoms with E-state index in [0.29, 0.717) is 15.2 Å². The molecule has 2 aliphatic heterocycles. The predicted molar refractivity (Wildman–Crippen MR) is 111 cm³/mol. The number of methoxy groups -OCH3 is 1. The lowest BCUT2D eigenvalue weighted by atomic mass is 10.1. The van der Waals surface area contributed by atoms with Gasteiger partial charge in [0.2, 0.25) is 5.76 Å². The van der Waals surface area contributed by atoms with Crippen LogP contribution in [-0.2, 0) is 4.79 Å². The first-order chi connectivity index (χ1) is 14.0. The average molecular weight is 474 g/mol. The molecule has 29 heavy (non-hydrogen) atoms. The van der Waals surface area contributed by atoms with E-state index >= 15 is 0 Å². The number of amides is 1. The van der Waals surface area contributed by atoms with Crippen molar-refractivity contribution in [1.29, 1.82) is 5.41 Å². The zero-order chi connectivity index (χ0) is 20.5. The van der Waals surface area contributed by atoms with Crippen LogP contribution in [0, 0.1) is 5.41 Å². The first kappa shape index (κ1) is 19.2. The molecule has 0 spiro atoms. The second-order valence-electron chi connectivity index (χ2n) is 5.78. The zero-order valence-electron chi connectivity index (χ0n) is 14.8. The number of furan rings is 1. The Balaban J connectivity index is 1.67. The number of thioether (sulfide) groups is 1. The highest BCUT2D eigenvalue weighted by Crippen LogP contribution is 2.38. The van der Waals surface area contributed by atoms with Gasteiger partial charge in [-0.3, -0.25) is 15.1 Å². The third-order valence-electron chi connectivity index (χ3n) is 3.99. The van der Waals surface area contributed by atoms with Crippen LogP contribution in [-0.4, -0.2) is 34.9 Å². The van der Waals surface area contributed by atoms with Crippen LogP contribution in [0.25, 0.3) is 6.08 Å². The molecule has 0 saturated heterocycles. The highest BCUT2D eigenvalue weighted by Gasteiger charge is 2.31. The molecule has 3 heterocycles. The van der Waals surface area contributed by atoms with Crippen LogP contribution < -0.4 is 9.47 Å². The number of carbonyl (C=O) groups is 2. The quantitative estimate of drug-likeness (QED) is 0.405. The Morgan fingerprint density at radius 2 is 2.24 bits per heavy atom. The standard InChI is InChI=1S/C19H12BrN3O5S/c1-26-14-9-10(7-11-16(21)23-4-6-29-19(23)22-17(11)24)8-12(20)15(14)28-18(25)13-3-2-5-27-13/h2-9,21H,1H3. The van der Waals surface area contributed by atoms with E-state index in [1.165, 1.54) is 42.2 Å². The molecular formula is C19H12BrN3O5S. The van der Waals surface area contributed by atoms with Gasteiger partial charge in [-0.1, -0.05) is 11.8 Å². The largest absolute Gasteiger partial charge is 0.493 e. The molecule has 10 heteroatoms. The number of aliphatic imine (C=N–C) groups is 1. The van der Waals surface area contributed by atoms with E-state index in [1.54, 1.807) is 29.8 Å². The summed E-state index contributed by atoms with van der Waals surface area (Å²) < 4.78 is 16.2. The molecule has 0 saturated carbocycles. The molecule has 2 aliphatic rings. The molecule has 0 atom stereocenters. The molecule has 1 amide bonds. The predicted octanol–water partition coefficient (Wildman–Crippen LogP) is 4.05. The number of amidine groups is 2. The van der Waals surface area contributed by atoms with Gasteiger partial charge in [0.1, 0.15) is 5.84 Å². The number of ether oxygens (including phenoxy) is 2. The van der Waals surface area contributed by atoms with E-state index in [4.69, 9.17) is 19.3 Å². The lowest BCUT2D eigenvalue weighted by Gasteiger charge is -2.22. The van der Waals surface area contributed by atoms with E-state index in [2.05, 4.69) is 20.9 Å². The van der Waals surface area contributed by atoms with Crippen LogP contribution in [0.5, 0.6) is 11.5 Å². The van der Waals surface area contributed by atoms with Gasteiger partial charge in [0.15, 0.2) is 16.7 Å². The maximum Gasteiger partial charge on any atom is 0.379 e. The van der Waals surface area contributed by atoms with Crippen molar-refractivity contribution in [3.05, 3.63) is 63.5 Å². The van der Waals surface area contributed by atoms with Crippen molar-refractivity contribution in [3.8, 4) is 11.5 Å². The van der Waals surface area contributed by atoms with E-state index < -0.39 is 11.9 Å². The van der Waals surface area contributed by atoms with Crippen LogP contribution in [0.1, 0.15) is 16.1 Å². The molecule has 146 valence electrons. The first-order valence-corrected chi connectivity index (χ1v) is 9.84. The number of rotatable bonds is 4. The second kappa shape index (κ2) is 7.72. The van der Waals surface area contributed by atoms with Gasteiger partial charge in [0, 0.05) is 6.20 Å². The van der Waals surface area contributed by atoms with Crippen molar-refractivity contribution < 1.29 is 23.5 Å². The fraction of sp³-hybridized carbons (Fsp3) is 0.0526. The number of hydrogen-bond acceptors (Lipinski definition) is 7. The number of nitrogens with zero attached hydrogens (tertiary/aromatic N) is 2. The van der Waals surface area contributed by atoms with Crippen molar-refractivity contribution in [1.82, 2.24) is 4.90 Å². The Morgan fingerprint density at radius 3 is 2.97 bits per heavy atom. The van der Waals surface area contributed by atoms with Crippen LogP contribution in [0.4, 0.5) is 0 Å². The number of fused-ring (bicyclic) bond motifs is 1. The third kappa shape index (κ3) is 3.64. The molecule has 8 nitrogen and oxygen atoms in total. The lowest BCUT2D eigenvalue weighted by Crippen LogP contribution is -2.35. The molecule has 0 bridgehead atoms. The second-order valence-corrected chi connectivity index (χ2v) is 7.51. The van der Waals surface area contributed by atoms with Crippen LogP contribution >= 0.6 is 27.7 Å². The summed E-state index contributed by atoms with van der Waals surface area (Å²) >= 11 is 4.64. The molecule has 0 unspecified atom stereocenters. The van der Waals surface area contributed by atoms with Crippen molar-refractivity contribution in [2.45, 2.75) is 0 Å². The number of benzene rings is 1. The summed E-state index contributed by atoms with van der Waals surface area (Å²) in [6.45, 7) is 0. The minimum atomic E-state index is -0.676. The molecule has 0 radical (unpaired) electrons. The summed E-state index contributed by atoms with van der Waals surface area (Å²) in [5, 5.41) is 10.5. The van der Waals surface area contributed by atoms with Gasteiger partial charge >= 0.3 is 5.97 Å². The Kier molecular flexibility index (Phi) is 5.12. The van der Waals surface area contributed by atoms with Gasteiger partial charge < -0.3 is 13.9 Å². The number of esters is 1. The molecule has 1 aromatic carbocycles. The van der Waals surface area contributed by atoms with Gasteiger partial charge in [-0.15, -0.1) is 0 Å². The molecule has 2 aromatic rings.